The number of morpholine rings is 1. The molecule has 136 valence electrons. The van der Waals surface area contributed by atoms with Crippen molar-refractivity contribution in [3.63, 3.8) is 0 Å². The minimum absolute atomic E-state index is 0.000287. The lowest BCUT2D eigenvalue weighted by molar-refractivity contribution is 0.00533. The van der Waals surface area contributed by atoms with Gasteiger partial charge in [-0.05, 0) is 26.4 Å². The Morgan fingerprint density at radius 2 is 2.25 bits per heavy atom. The Bertz CT molecular complexity index is 529. The van der Waals surface area contributed by atoms with Crippen molar-refractivity contribution in [1.82, 2.24) is 24.9 Å². The summed E-state index contributed by atoms with van der Waals surface area (Å²) in [5.74, 6) is 0.539. The number of nitrogens with zero attached hydrogens (tertiary/aromatic N) is 4. The van der Waals surface area contributed by atoms with Crippen LogP contribution in [0.5, 0.6) is 0 Å². The van der Waals surface area contributed by atoms with Gasteiger partial charge in [-0.3, -0.25) is 4.68 Å². The molecule has 1 fully saturated rings. The number of urea groups is 1. The normalized spacial score (nSPS) is 19.8. The molecule has 0 aromatic carbocycles. The van der Waals surface area contributed by atoms with E-state index in [-0.39, 0.29) is 18.1 Å². The van der Waals surface area contributed by atoms with Crippen LogP contribution in [-0.2, 0) is 11.8 Å². The van der Waals surface area contributed by atoms with E-state index in [4.69, 9.17) is 4.74 Å². The van der Waals surface area contributed by atoms with Gasteiger partial charge in [-0.15, -0.1) is 0 Å². The van der Waals surface area contributed by atoms with Gasteiger partial charge in [0.1, 0.15) is 0 Å². The molecule has 2 rings (SSSR count). The second-order valence-corrected chi connectivity index (χ2v) is 7.16. The summed E-state index contributed by atoms with van der Waals surface area (Å²) in [5.41, 5.74) is 1.10. The molecule has 1 aliphatic heterocycles. The van der Waals surface area contributed by atoms with E-state index in [1.54, 1.807) is 4.68 Å². The van der Waals surface area contributed by atoms with E-state index in [2.05, 4.69) is 29.2 Å². The number of hydrogen-bond acceptors (Lipinski definition) is 4. The second kappa shape index (κ2) is 8.48. The van der Waals surface area contributed by atoms with Crippen molar-refractivity contribution in [2.24, 2.45) is 13.0 Å². The summed E-state index contributed by atoms with van der Waals surface area (Å²) >= 11 is 0. The third-order valence-corrected chi connectivity index (χ3v) is 4.41. The first-order valence-corrected chi connectivity index (χ1v) is 8.65. The van der Waals surface area contributed by atoms with E-state index in [9.17, 15) is 4.79 Å². The van der Waals surface area contributed by atoms with Crippen molar-refractivity contribution in [2.45, 2.75) is 32.4 Å². The summed E-state index contributed by atoms with van der Waals surface area (Å²) in [4.78, 5) is 16.7. The van der Waals surface area contributed by atoms with Crippen LogP contribution in [0.4, 0.5) is 4.79 Å². The van der Waals surface area contributed by atoms with Crippen LogP contribution in [0.1, 0.15) is 31.9 Å². The molecule has 0 unspecified atom stereocenters. The molecule has 24 heavy (non-hydrogen) atoms. The van der Waals surface area contributed by atoms with Crippen LogP contribution >= 0.6 is 0 Å². The largest absolute Gasteiger partial charge is 0.377 e. The first-order chi connectivity index (χ1) is 11.4. The zero-order chi connectivity index (χ0) is 17.7. The molecule has 1 aliphatic rings. The number of carbonyl (C=O) groups is 1. The van der Waals surface area contributed by atoms with Crippen LogP contribution in [0.2, 0.25) is 0 Å². The van der Waals surface area contributed by atoms with Gasteiger partial charge in [0, 0.05) is 31.9 Å². The van der Waals surface area contributed by atoms with Gasteiger partial charge < -0.3 is 19.9 Å². The number of nitrogens with one attached hydrogen (secondary N) is 1. The number of ether oxygens (including phenoxy) is 1. The topological polar surface area (TPSA) is 62.6 Å². The second-order valence-electron chi connectivity index (χ2n) is 7.16. The van der Waals surface area contributed by atoms with Crippen molar-refractivity contribution in [3.05, 3.63) is 18.0 Å². The van der Waals surface area contributed by atoms with Gasteiger partial charge in [-0.1, -0.05) is 13.8 Å². The molecule has 2 heterocycles. The SMILES string of the molecule is CC(C)C[C@H]1COCCN1C(=O)NC[C@H](c1cnn(C)c1)N(C)C. The van der Waals surface area contributed by atoms with Crippen molar-refractivity contribution in [3.8, 4) is 0 Å². The van der Waals surface area contributed by atoms with Gasteiger partial charge in [0.2, 0.25) is 0 Å². The number of rotatable bonds is 6. The predicted octanol–water partition coefficient (Wildman–Crippen LogP) is 1.48. The highest BCUT2D eigenvalue weighted by atomic mass is 16.5. The van der Waals surface area contributed by atoms with Crippen LogP contribution in [0.15, 0.2) is 12.4 Å². The lowest BCUT2D eigenvalue weighted by Gasteiger charge is -2.37. The molecule has 2 atom stereocenters. The van der Waals surface area contributed by atoms with E-state index in [1.165, 1.54) is 0 Å². The van der Waals surface area contributed by atoms with E-state index in [1.807, 2.05) is 38.4 Å². The molecule has 0 aliphatic carbocycles. The summed E-state index contributed by atoms with van der Waals surface area (Å²) in [6.45, 7) is 6.81. The molecule has 1 aromatic heterocycles. The fourth-order valence-corrected chi connectivity index (χ4v) is 3.16. The van der Waals surface area contributed by atoms with Gasteiger partial charge in [-0.2, -0.15) is 5.10 Å². The molecule has 2 amide bonds. The number of likely N-dealkylation sites (N-methyl/N-ethyl adjacent to an activating group) is 1. The fourth-order valence-electron chi connectivity index (χ4n) is 3.16. The molecule has 0 bridgehead atoms. The lowest BCUT2D eigenvalue weighted by Crippen LogP contribution is -2.53. The lowest BCUT2D eigenvalue weighted by atomic mass is 10.0. The molecular formula is C17H31N5O2. The van der Waals surface area contributed by atoms with E-state index in [0.29, 0.717) is 32.2 Å². The van der Waals surface area contributed by atoms with Crippen molar-refractivity contribution < 1.29 is 9.53 Å². The van der Waals surface area contributed by atoms with Gasteiger partial charge in [0.05, 0.1) is 31.5 Å². The molecule has 1 N–H and O–H groups in total. The maximum Gasteiger partial charge on any atom is 0.317 e. The molecule has 0 spiro atoms. The number of aromatic nitrogens is 2. The molecule has 0 radical (unpaired) electrons. The first kappa shape index (κ1) is 18.7. The van der Waals surface area contributed by atoms with Gasteiger partial charge in [0.25, 0.3) is 0 Å². The average molecular weight is 337 g/mol. The van der Waals surface area contributed by atoms with Crippen LogP contribution in [0.25, 0.3) is 0 Å². The Labute approximate surface area is 144 Å². The molecule has 0 saturated carbocycles. The van der Waals surface area contributed by atoms with Gasteiger partial charge in [-0.25, -0.2) is 4.79 Å². The molecule has 1 saturated heterocycles. The summed E-state index contributed by atoms with van der Waals surface area (Å²) in [6.07, 6.45) is 4.81. The first-order valence-electron chi connectivity index (χ1n) is 8.65. The highest BCUT2D eigenvalue weighted by molar-refractivity contribution is 5.74. The van der Waals surface area contributed by atoms with Crippen molar-refractivity contribution in [2.75, 3.05) is 40.4 Å². The van der Waals surface area contributed by atoms with Crippen molar-refractivity contribution in [1.29, 1.82) is 0 Å². The minimum atomic E-state index is -0.000287. The van der Waals surface area contributed by atoms with E-state index < -0.39 is 0 Å². The smallest absolute Gasteiger partial charge is 0.317 e. The van der Waals surface area contributed by atoms with Gasteiger partial charge in [0.15, 0.2) is 0 Å². The summed E-state index contributed by atoms with van der Waals surface area (Å²) < 4.78 is 7.34. The standard InChI is InChI=1S/C17H31N5O2/c1-13(2)8-15-12-24-7-6-22(15)17(23)18-10-16(20(3)4)14-9-19-21(5)11-14/h9,11,13,15-16H,6-8,10,12H2,1-5H3,(H,18,23)/t15-,16+/m0/s1. The molecule has 7 heteroatoms. The van der Waals surface area contributed by atoms with Gasteiger partial charge >= 0.3 is 6.03 Å². The van der Waals surface area contributed by atoms with Crippen LogP contribution in [0, 0.1) is 5.92 Å². The Hall–Kier alpha value is -1.60. The molecular weight excluding hydrogens is 306 g/mol. The van der Waals surface area contributed by atoms with Crippen molar-refractivity contribution >= 4 is 6.03 Å². The molecule has 7 nitrogen and oxygen atoms in total. The summed E-state index contributed by atoms with van der Waals surface area (Å²) in [6, 6.07) is 0.266. The third kappa shape index (κ3) is 4.95. The maximum atomic E-state index is 12.7. The maximum absolute atomic E-state index is 12.7. The zero-order valence-electron chi connectivity index (χ0n) is 15.5. The van der Waals surface area contributed by atoms with E-state index in [0.717, 1.165) is 12.0 Å². The zero-order valence-corrected chi connectivity index (χ0v) is 15.5. The number of amides is 2. The van der Waals surface area contributed by atoms with Crippen LogP contribution in [-0.4, -0.2) is 72.1 Å². The highest BCUT2D eigenvalue weighted by Gasteiger charge is 2.28. The minimum Gasteiger partial charge on any atom is -0.377 e. The Balaban J connectivity index is 1.96. The van der Waals surface area contributed by atoms with Crippen LogP contribution in [0.3, 0.4) is 0 Å². The predicted molar refractivity (Wildman–Crippen MR) is 93.8 cm³/mol. The number of hydrogen-bond donors (Lipinski definition) is 1. The Morgan fingerprint density at radius 1 is 1.50 bits per heavy atom. The summed E-state index contributed by atoms with van der Waals surface area (Å²) in [7, 11) is 5.93. The monoisotopic (exact) mass is 337 g/mol. The third-order valence-electron chi connectivity index (χ3n) is 4.41. The Kier molecular flexibility index (Phi) is 6.62. The number of aryl methyl sites for hydroxylation is 1. The quantitative estimate of drug-likeness (QED) is 0.854. The fraction of sp³-hybridized carbons (Fsp3) is 0.765. The van der Waals surface area contributed by atoms with Crippen LogP contribution < -0.4 is 5.32 Å². The highest BCUT2D eigenvalue weighted by Crippen LogP contribution is 2.18. The average Bonchev–Trinajstić information content (AvgIpc) is 2.93. The molecule has 1 aromatic rings. The number of carbonyl (C=O) groups excluding carboxylic acids is 1. The van der Waals surface area contributed by atoms with E-state index >= 15 is 0 Å². The summed E-state index contributed by atoms with van der Waals surface area (Å²) in [5, 5.41) is 7.33. The Morgan fingerprint density at radius 3 is 2.83 bits per heavy atom.